The summed E-state index contributed by atoms with van der Waals surface area (Å²) in [5.74, 6) is -1.33. The zero-order valence-corrected chi connectivity index (χ0v) is 11.7. The Hall–Kier alpha value is -1.99. The molecule has 0 spiro atoms. The highest BCUT2D eigenvalue weighted by Gasteiger charge is 2.24. The van der Waals surface area contributed by atoms with Crippen LogP contribution in [0.2, 0.25) is 0 Å². The first-order valence-corrected chi connectivity index (χ1v) is 6.02. The van der Waals surface area contributed by atoms with Gasteiger partial charge < -0.3 is 10.2 Å². The Kier molecular flexibility index (Phi) is 4.80. The second-order valence-electron chi connectivity index (χ2n) is 5.36. The number of rotatable bonds is 6. The molecule has 0 aliphatic rings. The van der Waals surface area contributed by atoms with Crippen molar-refractivity contribution in [3.05, 3.63) is 39.4 Å². The normalized spacial score (nSPS) is 11.7. The van der Waals surface area contributed by atoms with E-state index in [0.29, 0.717) is 12.1 Å². The quantitative estimate of drug-likeness (QED) is 0.605. The smallest absolute Gasteiger partial charge is 0.343 e. The third-order valence-corrected chi connectivity index (χ3v) is 2.64. The van der Waals surface area contributed by atoms with Crippen molar-refractivity contribution in [2.75, 3.05) is 13.6 Å². The predicted molar refractivity (Wildman–Crippen MR) is 72.7 cm³/mol. The van der Waals surface area contributed by atoms with Crippen molar-refractivity contribution in [1.82, 2.24) is 4.90 Å². The molecule has 0 bridgehead atoms. The Morgan fingerprint density at radius 1 is 1.45 bits per heavy atom. The number of nitrogens with zero attached hydrogens (tertiary/aromatic N) is 2. The number of nitro groups is 1. The fourth-order valence-corrected chi connectivity index (χ4v) is 2.12. The number of carboxylic acid groups (broad SMARTS) is 1. The fraction of sp³-hybridized carbons (Fsp3) is 0.462. The lowest BCUT2D eigenvalue weighted by molar-refractivity contribution is -0.385. The summed E-state index contributed by atoms with van der Waals surface area (Å²) in [6, 6.07) is 4.16. The van der Waals surface area contributed by atoms with Crippen molar-refractivity contribution in [2.45, 2.75) is 26.0 Å². The van der Waals surface area contributed by atoms with E-state index >= 15 is 0 Å². The van der Waals surface area contributed by atoms with Gasteiger partial charge in [-0.1, -0.05) is 12.1 Å². The third kappa shape index (κ3) is 4.29. The van der Waals surface area contributed by atoms with Gasteiger partial charge in [0.1, 0.15) is 5.56 Å². The first kappa shape index (κ1) is 16.1. The molecule has 0 saturated carbocycles. The first-order valence-electron chi connectivity index (χ1n) is 6.02. The van der Waals surface area contributed by atoms with Crippen molar-refractivity contribution in [3.8, 4) is 0 Å². The van der Waals surface area contributed by atoms with Crippen LogP contribution >= 0.6 is 0 Å². The van der Waals surface area contributed by atoms with Crippen LogP contribution in [0.1, 0.15) is 29.8 Å². The van der Waals surface area contributed by atoms with Gasteiger partial charge in [0, 0.05) is 19.2 Å². The van der Waals surface area contributed by atoms with Gasteiger partial charge in [0.25, 0.3) is 5.69 Å². The predicted octanol–water partition coefficient (Wildman–Crippen LogP) is 1.50. The average molecular weight is 282 g/mol. The molecule has 0 aliphatic heterocycles. The zero-order valence-electron chi connectivity index (χ0n) is 11.7. The van der Waals surface area contributed by atoms with E-state index in [4.69, 9.17) is 5.11 Å². The molecule has 2 N–H and O–H groups in total. The minimum absolute atomic E-state index is 0.202. The lowest BCUT2D eigenvalue weighted by atomic mass is 10.0. The number of nitro benzene ring substituents is 1. The van der Waals surface area contributed by atoms with Gasteiger partial charge in [-0.3, -0.25) is 15.0 Å². The molecule has 0 aliphatic carbocycles. The minimum Gasteiger partial charge on any atom is -0.477 e. The van der Waals surface area contributed by atoms with Gasteiger partial charge in [-0.2, -0.15) is 0 Å². The molecule has 7 nitrogen and oxygen atoms in total. The van der Waals surface area contributed by atoms with E-state index in [1.165, 1.54) is 18.2 Å². The molecule has 110 valence electrons. The van der Waals surface area contributed by atoms with Crippen molar-refractivity contribution in [1.29, 1.82) is 0 Å². The van der Waals surface area contributed by atoms with E-state index in [-0.39, 0.29) is 12.1 Å². The fourth-order valence-electron chi connectivity index (χ4n) is 2.12. The lowest BCUT2D eigenvalue weighted by Gasteiger charge is -2.25. The van der Waals surface area contributed by atoms with Gasteiger partial charge in [0.2, 0.25) is 0 Å². The monoisotopic (exact) mass is 282 g/mol. The number of hydrogen-bond donors (Lipinski definition) is 2. The van der Waals surface area contributed by atoms with Crippen molar-refractivity contribution >= 4 is 11.7 Å². The van der Waals surface area contributed by atoms with Gasteiger partial charge >= 0.3 is 5.97 Å². The van der Waals surface area contributed by atoms with Gasteiger partial charge in [0.15, 0.2) is 0 Å². The summed E-state index contributed by atoms with van der Waals surface area (Å²) in [6.45, 7) is 3.78. The number of likely N-dealkylation sites (N-methyl/N-ethyl adjacent to an activating group) is 1. The maximum atomic E-state index is 11.2. The molecule has 1 aromatic rings. The Bertz CT molecular complexity index is 522. The molecule has 0 fully saturated rings. The van der Waals surface area contributed by atoms with E-state index in [1.807, 2.05) is 0 Å². The summed E-state index contributed by atoms with van der Waals surface area (Å²) >= 11 is 0. The van der Waals surface area contributed by atoms with E-state index in [1.54, 1.807) is 25.8 Å². The number of carbonyl (C=O) groups is 1. The van der Waals surface area contributed by atoms with Gasteiger partial charge in [0.05, 0.1) is 10.5 Å². The zero-order chi connectivity index (χ0) is 15.5. The number of aliphatic hydroxyl groups is 1. The van der Waals surface area contributed by atoms with Crippen LogP contribution < -0.4 is 0 Å². The number of benzene rings is 1. The highest BCUT2D eigenvalue weighted by molar-refractivity contribution is 5.94. The molecule has 1 rings (SSSR count). The molecule has 0 saturated heterocycles. The van der Waals surface area contributed by atoms with Crippen molar-refractivity contribution < 1.29 is 19.9 Å². The second-order valence-corrected chi connectivity index (χ2v) is 5.36. The standard InChI is InChI=1S/C13H18N2O5/c1-13(2,18)8-14(3)7-9-5-4-6-10(15(19)20)11(9)12(16)17/h4-6,18H,7-8H2,1-3H3,(H,16,17). The first-order chi connectivity index (χ1) is 9.11. The average Bonchev–Trinajstić information content (AvgIpc) is 2.25. The Morgan fingerprint density at radius 2 is 2.05 bits per heavy atom. The highest BCUT2D eigenvalue weighted by Crippen LogP contribution is 2.23. The Balaban J connectivity index is 3.09. The van der Waals surface area contributed by atoms with Crippen LogP contribution in [-0.4, -0.2) is 45.2 Å². The Morgan fingerprint density at radius 3 is 2.50 bits per heavy atom. The van der Waals surface area contributed by atoms with Crippen molar-refractivity contribution in [3.63, 3.8) is 0 Å². The SMILES string of the molecule is CN(Cc1cccc([N+](=O)[O-])c1C(=O)O)CC(C)(C)O. The van der Waals surface area contributed by atoms with E-state index in [0.717, 1.165) is 0 Å². The van der Waals surface area contributed by atoms with Crippen LogP contribution in [-0.2, 0) is 6.54 Å². The van der Waals surface area contributed by atoms with Crippen LogP contribution in [0.4, 0.5) is 5.69 Å². The lowest BCUT2D eigenvalue weighted by Crippen LogP contribution is -2.36. The maximum absolute atomic E-state index is 11.2. The van der Waals surface area contributed by atoms with Gasteiger partial charge in [-0.15, -0.1) is 0 Å². The van der Waals surface area contributed by atoms with Crippen LogP contribution in [0.25, 0.3) is 0 Å². The summed E-state index contributed by atoms with van der Waals surface area (Å²) in [4.78, 5) is 23.1. The highest BCUT2D eigenvalue weighted by atomic mass is 16.6. The molecule has 0 heterocycles. The molecule has 0 amide bonds. The second kappa shape index (κ2) is 5.98. The summed E-state index contributed by atoms with van der Waals surface area (Å²) in [6.07, 6.45) is 0. The van der Waals surface area contributed by atoms with E-state index in [9.17, 15) is 20.0 Å². The Labute approximate surface area is 116 Å². The van der Waals surface area contributed by atoms with Gasteiger partial charge in [-0.25, -0.2) is 4.79 Å². The molecule has 0 radical (unpaired) electrons. The number of aromatic carboxylic acids is 1. The van der Waals surface area contributed by atoms with Crippen LogP contribution in [0.15, 0.2) is 18.2 Å². The molecular formula is C13H18N2O5. The molecule has 7 heteroatoms. The van der Waals surface area contributed by atoms with Crippen LogP contribution in [0, 0.1) is 10.1 Å². The third-order valence-electron chi connectivity index (χ3n) is 2.64. The summed E-state index contributed by atoms with van der Waals surface area (Å²) in [7, 11) is 1.71. The summed E-state index contributed by atoms with van der Waals surface area (Å²) in [5.41, 5.74) is -1.32. The molecular weight excluding hydrogens is 264 g/mol. The maximum Gasteiger partial charge on any atom is 0.343 e. The van der Waals surface area contributed by atoms with Gasteiger partial charge in [-0.05, 0) is 26.5 Å². The molecule has 20 heavy (non-hydrogen) atoms. The molecule has 0 atom stereocenters. The minimum atomic E-state index is -1.33. The van der Waals surface area contributed by atoms with Crippen LogP contribution in [0.3, 0.4) is 0 Å². The largest absolute Gasteiger partial charge is 0.477 e. The van der Waals surface area contributed by atoms with E-state index in [2.05, 4.69) is 0 Å². The summed E-state index contributed by atoms with van der Waals surface area (Å²) < 4.78 is 0. The number of carboxylic acids is 1. The topological polar surface area (TPSA) is 104 Å². The summed E-state index contributed by atoms with van der Waals surface area (Å²) in [5, 5.41) is 29.8. The van der Waals surface area contributed by atoms with Crippen LogP contribution in [0.5, 0.6) is 0 Å². The molecule has 1 aromatic carbocycles. The molecule has 0 unspecified atom stereocenters. The van der Waals surface area contributed by atoms with E-state index < -0.39 is 22.2 Å². The molecule has 0 aromatic heterocycles. The van der Waals surface area contributed by atoms with Crippen molar-refractivity contribution in [2.24, 2.45) is 0 Å². The number of hydrogen-bond acceptors (Lipinski definition) is 5.